The summed E-state index contributed by atoms with van der Waals surface area (Å²) in [5, 5.41) is 13.0. The van der Waals surface area contributed by atoms with Crippen LogP contribution < -0.4 is 19.9 Å². The number of pyridine rings is 1. The van der Waals surface area contributed by atoms with Gasteiger partial charge in [0, 0.05) is 44.7 Å². The number of carbonyl (C=O) groups excluding carboxylic acids is 2. The Morgan fingerprint density at radius 2 is 2.00 bits per heavy atom. The van der Waals surface area contributed by atoms with Gasteiger partial charge >= 0.3 is 6.03 Å². The van der Waals surface area contributed by atoms with Crippen LogP contribution in [0.2, 0.25) is 5.02 Å². The Balaban J connectivity index is 1.21. The molecule has 3 aliphatic rings. The molecule has 0 saturated carbocycles. The summed E-state index contributed by atoms with van der Waals surface area (Å²) in [6, 6.07) is 10.5. The van der Waals surface area contributed by atoms with Crippen LogP contribution in [-0.2, 0) is 17.9 Å². The number of ether oxygens (including phenoxy) is 1. The quantitative estimate of drug-likeness (QED) is 0.383. The fraction of sp³-hybridized carbons (Fsp3) is 0.250. The van der Waals surface area contributed by atoms with E-state index >= 15 is 0 Å². The summed E-state index contributed by atoms with van der Waals surface area (Å²) in [5.74, 6) is 0.363. The zero-order chi connectivity index (χ0) is 27.5. The Bertz CT molecular complexity index is 1740. The van der Waals surface area contributed by atoms with E-state index in [1.807, 2.05) is 41.9 Å². The molecule has 0 radical (unpaired) electrons. The van der Waals surface area contributed by atoms with Gasteiger partial charge < -0.3 is 15.0 Å². The lowest BCUT2D eigenvalue weighted by molar-refractivity contribution is -0.118. The number of rotatable bonds is 4. The standard InChI is InChI=1S/C28H24ClN7O3S/c1-15-24-14-34(7-8-35(24)33-32-15)17-4-3-16-12-30-13-23(19(16)9-17)36-27(37)26-22(31-28(36)38)11-25(40-26)20-10-18(39-2)5-6-21(20)29/h3-6,9-13,22,26H,7-8,14H2,1-2H3,(H,31,38). The summed E-state index contributed by atoms with van der Waals surface area (Å²) < 4.78 is 7.30. The van der Waals surface area contributed by atoms with E-state index in [-0.39, 0.29) is 5.91 Å². The highest BCUT2D eigenvalue weighted by Crippen LogP contribution is 2.45. The number of urea groups is 1. The molecule has 12 heteroatoms. The van der Waals surface area contributed by atoms with E-state index in [1.165, 1.54) is 16.7 Å². The van der Waals surface area contributed by atoms with Gasteiger partial charge in [0.15, 0.2) is 0 Å². The van der Waals surface area contributed by atoms with Crippen molar-refractivity contribution in [2.24, 2.45) is 0 Å². The number of imide groups is 1. The Morgan fingerprint density at radius 3 is 2.85 bits per heavy atom. The highest BCUT2D eigenvalue weighted by molar-refractivity contribution is 8.09. The van der Waals surface area contributed by atoms with E-state index < -0.39 is 17.3 Å². The summed E-state index contributed by atoms with van der Waals surface area (Å²) in [6.45, 7) is 4.14. The third-order valence-corrected chi connectivity index (χ3v) is 9.28. The average molecular weight is 574 g/mol. The van der Waals surface area contributed by atoms with Crippen molar-refractivity contribution < 1.29 is 14.3 Å². The van der Waals surface area contributed by atoms with Gasteiger partial charge in [-0.3, -0.25) is 9.78 Å². The van der Waals surface area contributed by atoms with E-state index in [2.05, 4.69) is 25.5 Å². The molecule has 2 aromatic heterocycles. The number of aryl methyl sites for hydroxylation is 1. The molecular weight excluding hydrogens is 550 g/mol. The molecule has 1 saturated heterocycles. The molecule has 2 atom stereocenters. The van der Waals surface area contributed by atoms with Gasteiger partial charge in [-0.2, -0.15) is 0 Å². The number of amides is 3. The minimum absolute atomic E-state index is 0.299. The van der Waals surface area contributed by atoms with Gasteiger partial charge in [-0.15, -0.1) is 16.9 Å². The number of hydrogen-bond acceptors (Lipinski definition) is 8. The number of fused-ring (bicyclic) bond motifs is 3. The van der Waals surface area contributed by atoms with Crippen molar-refractivity contribution in [2.45, 2.75) is 31.3 Å². The van der Waals surface area contributed by atoms with Crippen LogP contribution in [0.3, 0.4) is 0 Å². The van der Waals surface area contributed by atoms with Gasteiger partial charge in [-0.05, 0) is 43.3 Å². The van der Waals surface area contributed by atoms with Crippen LogP contribution in [-0.4, -0.2) is 56.9 Å². The van der Waals surface area contributed by atoms with Crippen molar-refractivity contribution in [1.29, 1.82) is 0 Å². The van der Waals surface area contributed by atoms with Gasteiger partial charge in [0.05, 0.1) is 49.5 Å². The Morgan fingerprint density at radius 1 is 1.12 bits per heavy atom. The van der Waals surface area contributed by atoms with Crippen LogP contribution in [0.5, 0.6) is 5.75 Å². The van der Waals surface area contributed by atoms with Crippen molar-refractivity contribution in [2.75, 3.05) is 23.5 Å². The summed E-state index contributed by atoms with van der Waals surface area (Å²) >= 11 is 7.87. The predicted molar refractivity (Wildman–Crippen MR) is 155 cm³/mol. The SMILES string of the molecule is COc1ccc(Cl)c(C2=CC3NC(=O)N(c4cncc5ccc(N6CCn7nnc(C)c7C6)cc45)C(=O)C3S2)c1. The first-order valence-electron chi connectivity index (χ1n) is 12.8. The Labute approximate surface area is 238 Å². The monoisotopic (exact) mass is 573 g/mol. The van der Waals surface area contributed by atoms with Gasteiger partial charge in [-0.1, -0.05) is 22.9 Å². The number of anilines is 2. The maximum atomic E-state index is 13.9. The van der Waals surface area contributed by atoms with Crippen molar-refractivity contribution in [3.63, 3.8) is 0 Å². The Hall–Kier alpha value is -4.09. The fourth-order valence-corrected chi connectivity index (χ4v) is 7.03. The molecule has 202 valence electrons. The second-order valence-electron chi connectivity index (χ2n) is 9.89. The van der Waals surface area contributed by atoms with E-state index in [4.69, 9.17) is 16.3 Å². The van der Waals surface area contributed by atoms with Crippen LogP contribution in [0.1, 0.15) is 17.0 Å². The van der Waals surface area contributed by atoms with E-state index in [0.29, 0.717) is 23.0 Å². The van der Waals surface area contributed by atoms with E-state index in [1.54, 1.807) is 31.6 Å². The minimum Gasteiger partial charge on any atom is -0.497 e. The molecule has 5 heterocycles. The van der Waals surface area contributed by atoms with E-state index in [9.17, 15) is 9.59 Å². The van der Waals surface area contributed by atoms with Crippen LogP contribution in [0.4, 0.5) is 16.2 Å². The largest absolute Gasteiger partial charge is 0.497 e. The molecule has 2 unspecified atom stereocenters. The Kier molecular flexibility index (Phi) is 5.93. The number of thioether (sulfide) groups is 1. The third-order valence-electron chi connectivity index (χ3n) is 7.59. The molecule has 1 N–H and O–H groups in total. The van der Waals surface area contributed by atoms with Crippen molar-refractivity contribution in [3.8, 4) is 5.75 Å². The molecule has 10 nitrogen and oxygen atoms in total. The number of nitrogens with zero attached hydrogens (tertiary/aromatic N) is 6. The highest BCUT2D eigenvalue weighted by Gasteiger charge is 2.46. The molecular formula is C28H24ClN7O3S. The summed E-state index contributed by atoms with van der Waals surface area (Å²) in [7, 11) is 1.59. The lowest BCUT2D eigenvalue weighted by Crippen LogP contribution is -2.60. The number of carbonyl (C=O) groups is 2. The lowest BCUT2D eigenvalue weighted by Gasteiger charge is -2.34. The van der Waals surface area contributed by atoms with Gasteiger partial charge in [0.25, 0.3) is 5.91 Å². The highest BCUT2D eigenvalue weighted by atomic mass is 35.5. The fourth-order valence-electron chi connectivity index (χ4n) is 5.46. The summed E-state index contributed by atoms with van der Waals surface area (Å²) in [4.78, 5) is 35.9. The lowest BCUT2D eigenvalue weighted by atomic mass is 10.1. The van der Waals surface area contributed by atoms with Crippen molar-refractivity contribution >= 4 is 62.4 Å². The zero-order valence-corrected chi connectivity index (χ0v) is 23.2. The third kappa shape index (κ3) is 3.99. The minimum atomic E-state index is -0.536. The molecule has 0 spiro atoms. The topological polar surface area (TPSA) is 105 Å². The van der Waals surface area contributed by atoms with Crippen LogP contribution >= 0.6 is 23.4 Å². The first-order chi connectivity index (χ1) is 19.4. The maximum absolute atomic E-state index is 13.9. The molecule has 0 aliphatic carbocycles. The molecule has 2 aromatic carbocycles. The first-order valence-corrected chi connectivity index (χ1v) is 14.1. The number of aromatic nitrogens is 4. The normalized spacial score (nSPS) is 20.3. The number of benzene rings is 2. The number of methoxy groups -OCH3 is 1. The second-order valence-corrected chi connectivity index (χ2v) is 11.5. The van der Waals surface area contributed by atoms with E-state index in [0.717, 1.165) is 51.4 Å². The number of halogens is 1. The van der Waals surface area contributed by atoms with Crippen molar-refractivity contribution in [3.05, 3.63) is 76.8 Å². The first kappa shape index (κ1) is 24.9. The molecule has 0 bridgehead atoms. The smallest absolute Gasteiger partial charge is 0.329 e. The van der Waals surface area contributed by atoms with Gasteiger partial charge in [0.1, 0.15) is 11.0 Å². The molecule has 1 fully saturated rings. The molecule has 7 rings (SSSR count). The summed E-state index contributed by atoms with van der Waals surface area (Å²) in [5.41, 5.74) is 4.20. The number of hydrogen-bond donors (Lipinski definition) is 1. The zero-order valence-electron chi connectivity index (χ0n) is 21.7. The molecule has 3 amide bonds. The van der Waals surface area contributed by atoms with Gasteiger partial charge in [-0.25, -0.2) is 14.4 Å². The maximum Gasteiger partial charge on any atom is 0.329 e. The molecule has 3 aliphatic heterocycles. The summed E-state index contributed by atoms with van der Waals surface area (Å²) in [6.07, 6.45) is 5.21. The van der Waals surface area contributed by atoms with Crippen molar-refractivity contribution in [1.82, 2.24) is 25.3 Å². The van der Waals surface area contributed by atoms with Crippen LogP contribution in [0.15, 0.2) is 54.9 Å². The van der Waals surface area contributed by atoms with Gasteiger partial charge in [0.2, 0.25) is 0 Å². The molecule has 40 heavy (non-hydrogen) atoms. The number of nitrogens with one attached hydrogen (secondary N) is 1. The predicted octanol–water partition coefficient (Wildman–Crippen LogP) is 4.40. The van der Waals surface area contributed by atoms with Crippen LogP contribution in [0.25, 0.3) is 15.7 Å². The molecule has 4 aromatic rings. The average Bonchev–Trinajstić information content (AvgIpc) is 3.56. The second kappa shape index (κ2) is 9.53. The van der Waals surface area contributed by atoms with Crippen LogP contribution in [0, 0.1) is 6.92 Å².